The highest BCUT2D eigenvalue weighted by Gasteiger charge is 2.10. The number of carbonyl (C=O) groups is 2. The topological polar surface area (TPSA) is 113 Å². The van der Waals surface area contributed by atoms with Gasteiger partial charge in [-0.25, -0.2) is 4.79 Å². The van der Waals surface area contributed by atoms with Crippen LogP contribution in [-0.4, -0.2) is 40.4 Å². The summed E-state index contributed by atoms with van der Waals surface area (Å²) < 4.78 is 0. The molecule has 2 rings (SSSR count). The molecule has 27 heavy (non-hydrogen) atoms. The molecule has 0 aliphatic heterocycles. The predicted molar refractivity (Wildman–Crippen MR) is 101 cm³/mol. The number of nitrogens with one attached hydrogen (secondary N) is 1. The molecule has 0 fully saturated rings. The molecular formula is C19H21N3O5. The van der Waals surface area contributed by atoms with Crippen molar-refractivity contribution < 1.29 is 19.6 Å². The molecule has 2 N–H and O–H groups in total. The van der Waals surface area contributed by atoms with Crippen LogP contribution >= 0.6 is 0 Å². The quantitative estimate of drug-likeness (QED) is 0.398. The van der Waals surface area contributed by atoms with Crippen LogP contribution in [0.2, 0.25) is 0 Å². The molecule has 2 aromatic rings. The van der Waals surface area contributed by atoms with Crippen LogP contribution in [0.5, 0.6) is 0 Å². The third kappa shape index (κ3) is 6.10. The molecule has 0 atom stereocenters. The number of rotatable bonds is 9. The molecule has 0 aromatic heterocycles. The number of nitro benzene ring substituents is 1. The second-order valence-corrected chi connectivity index (χ2v) is 6.09. The number of carboxylic acid groups (broad SMARTS) is 1. The minimum absolute atomic E-state index is 0.0113. The number of carbonyl (C=O) groups excluding carboxylic acids is 1. The molecular weight excluding hydrogens is 350 g/mol. The van der Waals surface area contributed by atoms with E-state index in [1.807, 2.05) is 0 Å². The molecule has 0 saturated carbocycles. The molecule has 0 bridgehead atoms. The maximum absolute atomic E-state index is 12.2. The van der Waals surface area contributed by atoms with E-state index < -0.39 is 10.9 Å². The third-order valence-electron chi connectivity index (χ3n) is 4.02. The van der Waals surface area contributed by atoms with Crippen LogP contribution < -0.4 is 5.32 Å². The van der Waals surface area contributed by atoms with Crippen molar-refractivity contribution in [3.63, 3.8) is 0 Å². The molecule has 0 aliphatic rings. The number of anilines is 1. The number of nitro groups is 1. The van der Waals surface area contributed by atoms with Crippen molar-refractivity contribution in [1.29, 1.82) is 0 Å². The molecule has 2 aromatic carbocycles. The van der Waals surface area contributed by atoms with Gasteiger partial charge in [-0.3, -0.25) is 14.9 Å². The molecule has 0 unspecified atom stereocenters. The second-order valence-electron chi connectivity index (χ2n) is 6.09. The number of nitrogens with zero attached hydrogens (tertiary/aromatic N) is 2. The standard InChI is InChI=1S/C19H21N3O5/c1-21(13-14-4-6-15(7-5-14)19(24)25)18(23)3-2-12-20-16-8-10-17(11-9-16)22(26)27/h4-11,20H,2-3,12-13H2,1H3,(H,24,25). The zero-order valence-corrected chi connectivity index (χ0v) is 14.9. The zero-order chi connectivity index (χ0) is 19.8. The van der Waals surface area contributed by atoms with Gasteiger partial charge in [-0.05, 0) is 36.2 Å². The van der Waals surface area contributed by atoms with Crippen LogP contribution in [-0.2, 0) is 11.3 Å². The van der Waals surface area contributed by atoms with Gasteiger partial charge >= 0.3 is 5.97 Å². The van der Waals surface area contributed by atoms with Gasteiger partial charge in [0.05, 0.1) is 10.5 Å². The first kappa shape index (κ1) is 19.9. The van der Waals surface area contributed by atoms with Crippen molar-refractivity contribution in [1.82, 2.24) is 4.90 Å². The average Bonchev–Trinajstić information content (AvgIpc) is 2.65. The largest absolute Gasteiger partial charge is 0.478 e. The number of aromatic carboxylic acids is 1. The lowest BCUT2D eigenvalue weighted by Crippen LogP contribution is -2.26. The Bertz CT molecular complexity index is 803. The summed E-state index contributed by atoms with van der Waals surface area (Å²) >= 11 is 0. The normalized spacial score (nSPS) is 10.3. The second kappa shape index (κ2) is 9.33. The Morgan fingerprint density at radius 3 is 2.30 bits per heavy atom. The Morgan fingerprint density at radius 2 is 1.74 bits per heavy atom. The summed E-state index contributed by atoms with van der Waals surface area (Å²) in [6.45, 7) is 0.985. The summed E-state index contributed by atoms with van der Waals surface area (Å²) in [6.07, 6.45) is 0.988. The minimum atomic E-state index is -0.980. The fraction of sp³-hybridized carbons (Fsp3) is 0.263. The fourth-order valence-corrected chi connectivity index (χ4v) is 2.48. The maximum Gasteiger partial charge on any atom is 0.335 e. The SMILES string of the molecule is CN(Cc1ccc(C(=O)O)cc1)C(=O)CCCNc1ccc([N+](=O)[O-])cc1. The predicted octanol–water partition coefficient (Wildman–Crippen LogP) is 3.14. The van der Waals surface area contributed by atoms with Crippen molar-refractivity contribution >= 4 is 23.3 Å². The van der Waals surface area contributed by atoms with Gasteiger partial charge in [0.1, 0.15) is 0 Å². The van der Waals surface area contributed by atoms with E-state index in [2.05, 4.69) is 5.32 Å². The van der Waals surface area contributed by atoms with Crippen molar-refractivity contribution in [2.24, 2.45) is 0 Å². The first-order valence-electron chi connectivity index (χ1n) is 8.41. The molecule has 0 spiro atoms. The van der Waals surface area contributed by atoms with Gasteiger partial charge in [0.25, 0.3) is 5.69 Å². The number of amides is 1. The van der Waals surface area contributed by atoms with Crippen LogP contribution in [0.15, 0.2) is 48.5 Å². The Hall–Kier alpha value is -3.42. The Kier molecular flexibility index (Phi) is 6.87. The molecule has 1 amide bonds. The summed E-state index contributed by atoms with van der Waals surface area (Å²) in [5.74, 6) is -0.991. The van der Waals surface area contributed by atoms with Gasteiger partial charge in [-0.2, -0.15) is 0 Å². The third-order valence-corrected chi connectivity index (χ3v) is 4.02. The number of carboxylic acids is 1. The van der Waals surface area contributed by atoms with E-state index in [9.17, 15) is 19.7 Å². The van der Waals surface area contributed by atoms with E-state index in [1.54, 1.807) is 36.2 Å². The number of non-ortho nitro benzene ring substituents is 1. The van der Waals surface area contributed by atoms with Gasteiger partial charge in [-0.15, -0.1) is 0 Å². The van der Waals surface area contributed by atoms with E-state index in [1.165, 1.54) is 24.3 Å². The van der Waals surface area contributed by atoms with Crippen molar-refractivity contribution in [2.75, 3.05) is 18.9 Å². The van der Waals surface area contributed by atoms with Gasteiger partial charge in [0, 0.05) is 44.4 Å². The summed E-state index contributed by atoms with van der Waals surface area (Å²) in [5, 5.41) is 22.6. The Morgan fingerprint density at radius 1 is 1.11 bits per heavy atom. The monoisotopic (exact) mass is 371 g/mol. The van der Waals surface area contributed by atoms with E-state index in [0.29, 0.717) is 25.9 Å². The molecule has 0 aliphatic carbocycles. The van der Waals surface area contributed by atoms with Gasteiger partial charge in [0.2, 0.25) is 5.91 Å². The van der Waals surface area contributed by atoms with Gasteiger partial charge in [-0.1, -0.05) is 12.1 Å². The first-order valence-corrected chi connectivity index (χ1v) is 8.41. The van der Waals surface area contributed by atoms with E-state index >= 15 is 0 Å². The van der Waals surface area contributed by atoms with Gasteiger partial charge < -0.3 is 15.3 Å². The molecule has 142 valence electrons. The number of hydrogen-bond acceptors (Lipinski definition) is 5. The number of hydrogen-bond donors (Lipinski definition) is 2. The molecule has 0 radical (unpaired) electrons. The average molecular weight is 371 g/mol. The van der Waals surface area contributed by atoms with Crippen LogP contribution in [0, 0.1) is 10.1 Å². The highest BCUT2D eigenvalue weighted by Crippen LogP contribution is 2.15. The molecule has 8 heteroatoms. The summed E-state index contributed by atoms with van der Waals surface area (Å²) in [7, 11) is 1.71. The lowest BCUT2D eigenvalue weighted by Gasteiger charge is -2.17. The Balaban J connectivity index is 1.72. The summed E-state index contributed by atoms with van der Waals surface area (Å²) in [4.78, 5) is 34.8. The van der Waals surface area contributed by atoms with Crippen LogP contribution in [0.25, 0.3) is 0 Å². The smallest absolute Gasteiger partial charge is 0.335 e. The van der Waals surface area contributed by atoms with Crippen molar-refractivity contribution in [2.45, 2.75) is 19.4 Å². The van der Waals surface area contributed by atoms with E-state index in [0.717, 1.165) is 11.3 Å². The highest BCUT2D eigenvalue weighted by atomic mass is 16.6. The van der Waals surface area contributed by atoms with Crippen LogP contribution in [0.3, 0.4) is 0 Å². The lowest BCUT2D eigenvalue weighted by atomic mass is 10.1. The van der Waals surface area contributed by atoms with Gasteiger partial charge in [0.15, 0.2) is 0 Å². The zero-order valence-electron chi connectivity index (χ0n) is 14.9. The van der Waals surface area contributed by atoms with E-state index in [4.69, 9.17) is 5.11 Å². The first-order chi connectivity index (χ1) is 12.9. The lowest BCUT2D eigenvalue weighted by molar-refractivity contribution is -0.384. The maximum atomic E-state index is 12.2. The number of benzene rings is 2. The molecule has 8 nitrogen and oxygen atoms in total. The minimum Gasteiger partial charge on any atom is -0.478 e. The highest BCUT2D eigenvalue weighted by molar-refractivity contribution is 5.87. The van der Waals surface area contributed by atoms with E-state index in [-0.39, 0.29) is 17.2 Å². The Labute approximate surface area is 156 Å². The van der Waals surface area contributed by atoms with Crippen LogP contribution in [0.4, 0.5) is 11.4 Å². The van der Waals surface area contributed by atoms with Crippen molar-refractivity contribution in [3.8, 4) is 0 Å². The van der Waals surface area contributed by atoms with Crippen LogP contribution in [0.1, 0.15) is 28.8 Å². The molecule has 0 saturated heterocycles. The fourth-order valence-electron chi connectivity index (χ4n) is 2.48. The summed E-state index contributed by atoms with van der Waals surface area (Å²) in [6, 6.07) is 12.6. The van der Waals surface area contributed by atoms with Crippen molar-refractivity contribution in [3.05, 3.63) is 69.8 Å². The summed E-state index contributed by atoms with van der Waals surface area (Å²) in [5.41, 5.74) is 1.87. The molecule has 0 heterocycles.